The van der Waals surface area contributed by atoms with Crippen molar-refractivity contribution in [1.82, 2.24) is 0 Å². The van der Waals surface area contributed by atoms with Crippen LogP contribution in [0.15, 0.2) is 12.1 Å². The number of benzene rings is 1. The van der Waals surface area contributed by atoms with Gasteiger partial charge in [-0.15, -0.1) is 0 Å². The van der Waals surface area contributed by atoms with Crippen molar-refractivity contribution in [2.75, 3.05) is 16.8 Å². The predicted molar refractivity (Wildman–Crippen MR) is 96.4 cm³/mol. The van der Waals surface area contributed by atoms with Crippen LogP contribution in [0.25, 0.3) is 0 Å². The number of nitrogens with two attached hydrogens (primary N) is 1. The maximum Gasteiger partial charge on any atom is 0.224 e. The second kappa shape index (κ2) is 8.42. The molecule has 1 atom stereocenters. The van der Waals surface area contributed by atoms with E-state index in [0.29, 0.717) is 27.8 Å². The molecular formula is C14H18Cl2N2OS2. The minimum atomic E-state index is -0.0136. The van der Waals surface area contributed by atoms with Crippen molar-refractivity contribution in [2.24, 2.45) is 0 Å². The molecule has 3 N–H and O–H groups in total. The molecule has 1 heterocycles. The predicted octanol–water partition coefficient (Wildman–Crippen LogP) is 5.23. The lowest BCUT2D eigenvalue weighted by atomic mass is 10.1. The van der Waals surface area contributed by atoms with Crippen molar-refractivity contribution in [2.45, 2.75) is 37.4 Å². The average molecular weight is 365 g/mol. The van der Waals surface area contributed by atoms with E-state index in [-0.39, 0.29) is 5.91 Å². The number of anilines is 2. The second-order valence-electron chi connectivity index (χ2n) is 4.98. The monoisotopic (exact) mass is 364 g/mol. The Balaban J connectivity index is 1.71. The van der Waals surface area contributed by atoms with Gasteiger partial charge in [0, 0.05) is 23.1 Å². The van der Waals surface area contributed by atoms with Gasteiger partial charge < -0.3 is 11.1 Å². The highest BCUT2D eigenvalue weighted by Crippen LogP contribution is 2.39. The standard InChI is InChI=1S/C14H18Cl2N2OS2/c15-11-7-9(8-12(16)14(11)17)18-13(19)4-2-1-3-10-5-6-20-21-10/h7-8,10H,1-6,17H2,(H,18,19). The van der Waals surface area contributed by atoms with E-state index in [9.17, 15) is 4.79 Å². The number of nitrogens with one attached hydrogen (secondary N) is 1. The normalized spacial score (nSPS) is 17.9. The highest BCUT2D eigenvalue weighted by atomic mass is 35.5. The summed E-state index contributed by atoms with van der Waals surface area (Å²) in [5.74, 6) is 1.24. The molecule has 1 unspecified atom stereocenters. The number of hydrogen-bond donors (Lipinski definition) is 2. The molecule has 7 heteroatoms. The lowest BCUT2D eigenvalue weighted by Crippen LogP contribution is -2.11. The summed E-state index contributed by atoms with van der Waals surface area (Å²) < 4.78 is 0. The van der Waals surface area contributed by atoms with Gasteiger partial charge in [-0.3, -0.25) is 4.79 Å². The van der Waals surface area contributed by atoms with Crippen molar-refractivity contribution in [3.63, 3.8) is 0 Å². The fourth-order valence-electron chi connectivity index (χ4n) is 2.10. The molecule has 2 rings (SSSR count). The molecule has 0 aliphatic carbocycles. The maximum absolute atomic E-state index is 11.9. The third kappa shape index (κ3) is 5.47. The number of carbonyl (C=O) groups is 1. The highest BCUT2D eigenvalue weighted by Gasteiger charge is 2.16. The zero-order chi connectivity index (χ0) is 15.2. The quantitative estimate of drug-likeness (QED) is 0.412. The van der Waals surface area contributed by atoms with Crippen LogP contribution in [-0.4, -0.2) is 16.9 Å². The van der Waals surface area contributed by atoms with Gasteiger partial charge in [0.1, 0.15) is 0 Å². The molecule has 1 aliphatic rings. The summed E-state index contributed by atoms with van der Waals surface area (Å²) >= 11 is 11.9. The number of carbonyl (C=O) groups excluding carboxylic acids is 1. The lowest BCUT2D eigenvalue weighted by molar-refractivity contribution is -0.116. The summed E-state index contributed by atoms with van der Waals surface area (Å²) in [6.45, 7) is 0. The average Bonchev–Trinajstić information content (AvgIpc) is 2.94. The Kier molecular flexibility index (Phi) is 6.86. The molecule has 0 radical (unpaired) electrons. The summed E-state index contributed by atoms with van der Waals surface area (Å²) in [6.07, 6.45) is 5.01. The van der Waals surface area contributed by atoms with Gasteiger partial charge in [0.05, 0.1) is 15.7 Å². The largest absolute Gasteiger partial charge is 0.396 e. The van der Waals surface area contributed by atoms with E-state index in [1.54, 1.807) is 12.1 Å². The summed E-state index contributed by atoms with van der Waals surface area (Å²) in [4.78, 5) is 11.9. The molecule has 1 saturated heterocycles. The topological polar surface area (TPSA) is 55.1 Å². The van der Waals surface area contributed by atoms with E-state index in [2.05, 4.69) is 5.32 Å². The first kappa shape index (κ1) is 17.1. The van der Waals surface area contributed by atoms with E-state index in [1.165, 1.54) is 18.6 Å². The highest BCUT2D eigenvalue weighted by molar-refractivity contribution is 8.77. The number of amides is 1. The van der Waals surface area contributed by atoms with Crippen LogP contribution >= 0.6 is 44.8 Å². The van der Waals surface area contributed by atoms with Crippen molar-refractivity contribution in [1.29, 1.82) is 0 Å². The summed E-state index contributed by atoms with van der Waals surface area (Å²) in [5.41, 5.74) is 6.59. The molecule has 1 fully saturated rings. The Morgan fingerprint density at radius 3 is 2.67 bits per heavy atom. The first-order valence-corrected chi connectivity index (χ1v) is 10.0. The van der Waals surface area contributed by atoms with Crippen LogP contribution in [-0.2, 0) is 4.79 Å². The molecule has 1 aromatic rings. The van der Waals surface area contributed by atoms with Crippen molar-refractivity contribution >= 4 is 62.1 Å². The molecule has 116 valence electrons. The van der Waals surface area contributed by atoms with E-state index < -0.39 is 0 Å². The third-order valence-electron chi connectivity index (χ3n) is 3.27. The van der Waals surface area contributed by atoms with Crippen LogP contribution in [0, 0.1) is 0 Å². The Bertz CT molecular complexity index is 485. The van der Waals surface area contributed by atoms with Crippen LogP contribution in [0.2, 0.25) is 10.0 Å². The molecule has 0 aromatic heterocycles. The molecule has 21 heavy (non-hydrogen) atoms. The van der Waals surface area contributed by atoms with Gasteiger partial charge in [-0.1, -0.05) is 51.2 Å². The SMILES string of the molecule is Nc1c(Cl)cc(NC(=O)CCCCC2CCSS2)cc1Cl. The Morgan fingerprint density at radius 2 is 2.05 bits per heavy atom. The molecule has 3 nitrogen and oxygen atoms in total. The van der Waals surface area contributed by atoms with Gasteiger partial charge >= 0.3 is 0 Å². The number of halogens is 2. The van der Waals surface area contributed by atoms with Crippen molar-refractivity contribution in [3.8, 4) is 0 Å². The summed E-state index contributed by atoms with van der Waals surface area (Å²) in [5, 5.41) is 4.29. The van der Waals surface area contributed by atoms with Crippen LogP contribution in [0.5, 0.6) is 0 Å². The van der Waals surface area contributed by atoms with E-state index >= 15 is 0 Å². The van der Waals surface area contributed by atoms with Crippen LogP contribution in [0.3, 0.4) is 0 Å². The lowest BCUT2D eigenvalue weighted by Gasteiger charge is -2.09. The molecule has 1 aliphatic heterocycles. The van der Waals surface area contributed by atoms with Crippen molar-refractivity contribution in [3.05, 3.63) is 22.2 Å². The van der Waals surface area contributed by atoms with Crippen LogP contribution in [0.1, 0.15) is 32.1 Å². The van der Waals surface area contributed by atoms with E-state index in [1.807, 2.05) is 21.6 Å². The zero-order valence-electron chi connectivity index (χ0n) is 11.5. The maximum atomic E-state index is 11.9. The Morgan fingerprint density at radius 1 is 1.33 bits per heavy atom. The van der Waals surface area contributed by atoms with E-state index in [0.717, 1.165) is 18.1 Å². The van der Waals surface area contributed by atoms with Gasteiger partial charge in [0.15, 0.2) is 0 Å². The summed E-state index contributed by atoms with van der Waals surface area (Å²) in [7, 11) is 3.94. The number of rotatable bonds is 6. The second-order valence-corrected chi connectivity index (χ2v) is 8.58. The van der Waals surface area contributed by atoms with Gasteiger partial charge in [0.2, 0.25) is 5.91 Å². The van der Waals surface area contributed by atoms with Crippen LogP contribution < -0.4 is 11.1 Å². The minimum Gasteiger partial charge on any atom is -0.396 e. The molecule has 0 saturated carbocycles. The molecule has 1 aromatic carbocycles. The smallest absolute Gasteiger partial charge is 0.224 e. The van der Waals surface area contributed by atoms with Gasteiger partial charge in [-0.25, -0.2) is 0 Å². The third-order valence-corrected chi connectivity index (χ3v) is 6.90. The van der Waals surface area contributed by atoms with E-state index in [4.69, 9.17) is 28.9 Å². The van der Waals surface area contributed by atoms with Gasteiger partial charge in [-0.2, -0.15) is 0 Å². The molecule has 0 bridgehead atoms. The zero-order valence-corrected chi connectivity index (χ0v) is 14.7. The number of hydrogen-bond acceptors (Lipinski definition) is 4. The number of nitrogen functional groups attached to an aromatic ring is 1. The fourth-order valence-corrected chi connectivity index (χ4v) is 5.62. The first-order chi connectivity index (χ1) is 10.1. The Labute approximate surface area is 143 Å². The first-order valence-electron chi connectivity index (χ1n) is 6.89. The molecule has 1 amide bonds. The Hall–Kier alpha value is -0.230. The fraction of sp³-hybridized carbons (Fsp3) is 0.500. The number of unbranched alkanes of at least 4 members (excludes halogenated alkanes) is 1. The van der Waals surface area contributed by atoms with Crippen molar-refractivity contribution < 1.29 is 4.79 Å². The minimum absolute atomic E-state index is 0.0136. The summed E-state index contributed by atoms with van der Waals surface area (Å²) in [6, 6.07) is 3.24. The van der Waals surface area contributed by atoms with Gasteiger partial charge in [0.25, 0.3) is 0 Å². The molecular weight excluding hydrogens is 347 g/mol. The molecule has 0 spiro atoms. The van der Waals surface area contributed by atoms with Crippen LogP contribution in [0.4, 0.5) is 11.4 Å². The van der Waals surface area contributed by atoms with Gasteiger partial charge in [-0.05, 0) is 31.4 Å².